The van der Waals surface area contributed by atoms with Crippen LogP contribution < -0.4 is 5.32 Å². The number of nitrogens with one attached hydrogen (secondary N) is 1. The first-order valence-electron chi connectivity index (χ1n) is 8.07. The maximum atomic E-state index is 6.09. The third-order valence-electron chi connectivity index (χ3n) is 4.18. The van der Waals surface area contributed by atoms with Gasteiger partial charge in [0, 0.05) is 11.0 Å². The largest absolute Gasteiger partial charge is 0.313 e. The van der Waals surface area contributed by atoms with Crippen LogP contribution >= 0.6 is 27.5 Å². The SMILES string of the molecule is CCCNC/C(=C/c1ccc(Cl)c(Br)c1)C1CCCCC1. The fourth-order valence-electron chi connectivity index (χ4n) is 3.01. The number of halogens is 2. The van der Waals surface area contributed by atoms with E-state index in [1.54, 1.807) is 5.57 Å². The van der Waals surface area contributed by atoms with Gasteiger partial charge in [-0.05, 0) is 65.4 Å². The molecule has 0 heterocycles. The molecular weight excluding hydrogens is 346 g/mol. The molecule has 1 nitrogen and oxygen atoms in total. The Morgan fingerprint density at radius 1 is 1.33 bits per heavy atom. The van der Waals surface area contributed by atoms with E-state index in [0.29, 0.717) is 0 Å². The summed E-state index contributed by atoms with van der Waals surface area (Å²) in [4.78, 5) is 0. The minimum Gasteiger partial charge on any atom is -0.313 e. The third-order valence-corrected chi connectivity index (χ3v) is 5.40. The first kappa shape index (κ1) is 17.1. The quantitative estimate of drug-likeness (QED) is 0.600. The maximum Gasteiger partial charge on any atom is 0.0548 e. The highest BCUT2D eigenvalue weighted by Crippen LogP contribution is 2.31. The van der Waals surface area contributed by atoms with E-state index in [1.807, 2.05) is 6.07 Å². The van der Waals surface area contributed by atoms with Gasteiger partial charge in [0.1, 0.15) is 0 Å². The molecule has 21 heavy (non-hydrogen) atoms. The molecule has 0 atom stereocenters. The van der Waals surface area contributed by atoms with Gasteiger partial charge in [-0.25, -0.2) is 0 Å². The summed E-state index contributed by atoms with van der Waals surface area (Å²) >= 11 is 9.61. The molecule has 0 bridgehead atoms. The molecule has 0 aromatic heterocycles. The maximum absolute atomic E-state index is 6.09. The van der Waals surface area contributed by atoms with Crippen LogP contribution in [-0.2, 0) is 0 Å². The Morgan fingerprint density at radius 2 is 2.10 bits per heavy atom. The second-order valence-electron chi connectivity index (χ2n) is 5.90. The van der Waals surface area contributed by atoms with Gasteiger partial charge in [-0.2, -0.15) is 0 Å². The number of rotatable bonds is 6. The van der Waals surface area contributed by atoms with Crippen LogP contribution in [0.15, 0.2) is 28.2 Å². The molecule has 0 radical (unpaired) electrons. The molecule has 1 aliphatic carbocycles. The Hall–Kier alpha value is -0.310. The normalized spacial score (nSPS) is 17.2. The Balaban J connectivity index is 2.15. The summed E-state index contributed by atoms with van der Waals surface area (Å²) in [5.74, 6) is 0.748. The molecule has 0 amide bonds. The topological polar surface area (TPSA) is 12.0 Å². The summed E-state index contributed by atoms with van der Waals surface area (Å²) in [6.07, 6.45) is 10.4. The van der Waals surface area contributed by atoms with Crippen molar-refractivity contribution in [2.45, 2.75) is 45.4 Å². The molecule has 3 heteroatoms. The van der Waals surface area contributed by atoms with E-state index < -0.39 is 0 Å². The van der Waals surface area contributed by atoms with Gasteiger partial charge < -0.3 is 5.32 Å². The fourth-order valence-corrected chi connectivity index (χ4v) is 3.53. The van der Waals surface area contributed by atoms with Crippen LogP contribution in [0, 0.1) is 5.92 Å². The van der Waals surface area contributed by atoms with Gasteiger partial charge in [0.2, 0.25) is 0 Å². The van der Waals surface area contributed by atoms with Gasteiger partial charge in [-0.1, -0.05) is 55.5 Å². The summed E-state index contributed by atoms with van der Waals surface area (Å²) in [6, 6.07) is 6.19. The predicted octanol–water partition coefficient (Wildman–Crippen LogP) is 6.07. The molecule has 116 valence electrons. The van der Waals surface area contributed by atoms with E-state index in [1.165, 1.54) is 44.1 Å². The lowest BCUT2D eigenvalue weighted by atomic mass is 9.83. The van der Waals surface area contributed by atoms with Gasteiger partial charge in [0.25, 0.3) is 0 Å². The first-order chi connectivity index (χ1) is 10.2. The van der Waals surface area contributed by atoms with Gasteiger partial charge in [-0.3, -0.25) is 0 Å². The van der Waals surface area contributed by atoms with Gasteiger partial charge >= 0.3 is 0 Å². The van der Waals surface area contributed by atoms with Crippen LogP contribution in [0.2, 0.25) is 5.02 Å². The van der Waals surface area contributed by atoms with Crippen molar-refractivity contribution < 1.29 is 0 Å². The van der Waals surface area contributed by atoms with Crippen molar-refractivity contribution in [3.05, 3.63) is 38.8 Å². The van der Waals surface area contributed by atoms with Crippen LogP contribution in [0.3, 0.4) is 0 Å². The van der Waals surface area contributed by atoms with Gasteiger partial charge in [0.15, 0.2) is 0 Å². The Kier molecular flexibility index (Phi) is 7.28. The van der Waals surface area contributed by atoms with E-state index in [4.69, 9.17) is 11.6 Å². The van der Waals surface area contributed by atoms with Crippen LogP contribution in [0.25, 0.3) is 6.08 Å². The number of hydrogen-bond acceptors (Lipinski definition) is 1. The van der Waals surface area contributed by atoms with Crippen molar-refractivity contribution in [2.75, 3.05) is 13.1 Å². The lowest BCUT2D eigenvalue weighted by Crippen LogP contribution is -2.23. The lowest BCUT2D eigenvalue weighted by Gasteiger charge is -2.25. The van der Waals surface area contributed by atoms with Crippen LogP contribution in [0.5, 0.6) is 0 Å². The highest BCUT2D eigenvalue weighted by atomic mass is 79.9. The monoisotopic (exact) mass is 369 g/mol. The summed E-state index contributed by atoms with van der Waals surface area (Å²) in [5, 5.41) is 4.35. The minimum atomic E-state index is 0.748. The molecule has 1 saturated carbocycles. The Bertz CT molecular complexity index is 478. The second-order valence-corrected chi connectivity index (χ2v) is 7.17. The van der Waals surface area contributed by atoms with Crippen LogP contribution in [-0.4, -0.2) is 13.1 Å². The van der Waals surface area contributed by atoms with E-state index in [9.17, 15) is 0 Å². The third kappa shape index (κ3) is 5.43. The van der Waals surface area contributed by atoms with Crippen molar-refractivity contribution in [3.63, 3.8) is 0 Å². The van der Waals surface area contributed by atoms with E-state index in [-0.39, 0.29) is 0 Å². The first-order valence-corrected chi connectivity index (χ1v) is 9.24. The molecular formula is C18H25BrClN. The highest BCUT2D eigenvalue weighted by Gasteiger charge is 2.17. The molecule has 2 rings (SSSR count). The van der Waals surface area contributed by atoms with Gasteiger partial charge in [-0.15, -0.1) is 0 Å². The van der Waals surface area contributed by atoms with Crippen molar-refractivity contribution in [3.8, 4) is 0 Å². The van der Waals surface area contributed by atoms with Crippen LogP contribution in [0.1, 0.15) is 51.0 Å². The lowest BCUT2D eigenvalue weighted by molar-refractivity contribution is 0.396. The zero-order valence-electron chi connectivity index (χ0n) is 12.8. The summed E-state index contributed by atoms with van der Waals surface area (Å²) in [6.45, 7) is 4.32. The fraction of sp³-hybridized carbons (Fsp3) is 0.556. The summed E-state index contributed by atoms with van der Waals surface area (Å²) < 4.78 is 0.974. The highest BCUT2D eigenvalue weighted by molar-refractivity contribution is 9.10. The molecule has 0 unspecified atom stereocenters. The zero-order chi connectivity index (χ0) is 15.1. The smallest absolute Gasteiger partial charge is 0.0548 e. The van der Waals surface area contributed by atoms with E-state index >= 15 is 0 Å². The van der Waals surface area contributed by atoms with Crippen molar-refractivity contribution >= 4 is 33.6 Å². The molecule has 1 N–H and O–H groups in total. The predicted molar refractivity (Wildman–Crippen MR) is 96.9 cm³/mol. The van der Waals surface area contributed by atoms with E-state index in [0.717, 1.165) is 28.5 Å². The molecule has 1 aliphatic rings. The second kappa shape index (κ2) is 8.97. The molecule has 0 spiro atoms. The van der Waals surface area contributed by atoms with Gasteiger partial charge in [0.05, 0.1) is 5.02 Å². The average Bonchev–Trinajstić information content (AvgIpc) is 2.51. The molecule has 1 fully saturated rings. The average molecular weight is 371 g/mol. The number of benzene rings is 1. The molecule has 0 aliphatic heterocycles. The number of hydrogen-bond donors (Lipinski definition) is 1. The zero-order valence-corrected chi connectivity index (χ0v) is 15.1. The van der Waals surface area contributed by atoms with Crippen molar-refractivity contribution in [1.82, 2.24) is 5.32 Å². The summed E-state index contributed by atoms with van der Waals surface area (Å²) in [5.41, 5.74) is 2.79. The van der Waals surface area contributed by atoms with E-state index in [2.05, 4.69) is 46.4 Å². The Labute approximate surface area is 142 Å². The standard InChI is InChI=1S/C18H25BrClN/c1-2-10-21-13-16(15-6-4-3-5-7-15)11-14-8-9-18(20)17(19)12-14/h8-9,11-12,15,21H,2-7,10,13H2,1H3/b16-11-. The minimum absolute atomic E-state index is 0.748. The molecule has 1 aromatic rings. The Morgan fingerprint density at radius 3 is 2.76 bits per heavy atom. The van der Waals surface area contributed by atoms with Crippen molar-refractivity contribution in [2.24, 2.45) is 5.92 Å². The summed E-state index contributed by atoms with van der Waals surface area (Å²) in [7, 11) is 0. The molecule has 0 saturated heterocycles. The van der Waals surface area contributed by atoms with Crippen LogP contribution in [0.4, 0.5) is 0 Å². The molecule has 1 aromatic carbocycles. The van der Waals surface area contributed by atoms with Crippen molar-refractivity contribution in [1.29, 1.82) is 0 Å².